The molecule has 1 aromatic rings. The first-order valence-electron chi connectivity index (χ1n) is 8.33. The van der Waals surface area contributed by atoms with Crippen LogP contribution < -0.4 is 10.2 Å². The Bertz CT molecular complexity index is 398. The zero-order valence-electron chi connectivity index (χ0n) is 13.4. The van der Waals surface area contributed by atoms with Crippen molar-refractivity contribution in [3.05, 3.63) is 29.8 Å². The minimum atomic E-state index is 0.432. The fourth-order valence-electron chi connectivity index (χ4n) is 3.00. The summed E-state index contributed by atoms with van der Waals surface area (Å²) in [5.41, 5.74) is 2.88. The van der Waals surface area contributed by atoms with E-state index in [4.69, 9.17) is 0 Å². The molecular formula is C18H30N2. The number of nitrogens with zero attached hydrogens (tertiary/aromatic N) is 1. The summed E-state index contributed by atoms with van der Waals surface area (Å²) in [6.07, 6.45) is 5.45. The van der Waals surface area contributed by atoms with E-state index in [0.29, 0.717) is 6.04 Å². The highest BCUT2D eigenvalue weighted by Crippen LogP contribution is 2.31. The van der Waals surface area contributed by atoms with Gasteiger partial charge in [0.15, 0.2) is 0 Å². The summed E-state index contributed by atoms with van der Waals surface area (Å²) in [5.74, 6) is 0.918. The number of hydrogen-bond donors (Lipinski definition) is 1. The number of rotatable bonds is 8. The first kappa shape index (κ1) is 15.4. The van der Waals surface area contributed by atoms with E-state index < -0.39 is 0 Å². The lowest BCUT2D eigenvalue weighted by Gasteiger charge is -2.35. The van der Waals surface area contributed by atoms with Crippen molar-refractivity contribution >= 4 is 5.69 Å². The first-order chi connectivity index (χ1) is 9.76. The van der Waals surface area contributed by atoms with E-state index in [1.807, 2.05) is 0 Å². The van der Waals surface area contributed by atoms with E-state index >= 15 is 0 Å². The quantitative estimate of drug-likeness (QED) is 0.757. The van der Waals surface area contributed by atoms with Gasteiger partial charge in [-0.15, -0.1) is 0 Å². The van der Waals surface area contributed by atoms with Crippen molar-refractivity contribution in [1.29, 1.82) is 0 Å². The van der Waals surface area contributed by atoms with Crippen LogP contribution in [-0.4, -0.2) is 19.6 Å². The van der Waals surface area contributed by atoms with Crippen LogP contribution >= 0.6 is 0 Å². The molecule has 0 heterocycles. The molecule has 1 saturated carbocycles. The molecule has 2 nitrogen and oxygen atoms in total. The van der Waals surface area contributed by atoms with Gasteiger partial charge in [0.2, 0.25) is 0 Å². The molecule has 0 amide bonds. The van der Waals surface area contributed by atoms with Crippen molar-refractivity contribution in [3.63, 3.8) is 0 Å². The van der Waals surface area contributed by atoms with E-state index in [9.17, 15) is 0 Å². The molecule has 0 bridgehead atoms. The van der Waals surface area contributed by atoms with Crippen molar-refractivity contribution in [2.75, 3.05) is 24.5 Å². The monoisotopic (exact) mass is 274 g/mol. The molecule has 2 rings (SSSR count). The average molecular weight is 274 g/mol. The van der Waals surface area contributed by atoms with E-state index in [0.717, 1.165) is 19.0 Å². The van der Waals surface area contributed by atoms with Gasteiger partial charge in [0.05, 0.1) is 0 Å². The predicted molar refractivity (Wildman–Crippen MR) is 88.4 cm³/mol. The van der Waals surface area contributed by atoms with Gasteiger partial charge in [-0.3, -0.25) is 0 Å². The van der Waals surface area contributed by atoms with Crippen LogP contribution in [0.1, 0.15) is 58.1 Å². The molecule has 2 heteroatoms. The summed E-state index contributed by atoms with van der Waals surface area (Å²) in [7, 11) is 0. The first-order valence-corrected chi connectivity index (χ1v) is 8.33. The van der Waals surface area contributed by atoms with Crippen molar-refractivity contribution in [1.82, 2.24) is 5.32 Å². The Morgan fingerprint density at radius 1 is 1.25 bits per heavy atom. The van der Waals surface area contributed by atoms with Crippen molar-refractivity contribution in [2.24, 2.45) is 5.92 Å². The topological polar surface area (TPSA) is 15.3 Å². The Hall–Kier alpha value is -1.02. The summed E-state index contributed by atoms with van der Waals surface area (Å²) in [4.78, 5) is 2.57. The number of para-hydroxylation sites is 1. The highest BCUT2D eigenvalue weighted by atomic mass is 15.1. The number of hydrogen-bond acceptors (Lipinski definition) is 2. The number of nitrogens with one attached hydrogen (secondary N) is 1. The van der Waals surface area contributed by atoms with Crippen LogP contribution in [0.4, 0.5) is 5.69 Å². The summed E-state index contributed by atoms with van der Waals surface area (Å²) in [6, 6.07) is 9.35. The summed E-state index contributed by atoms with van der Waals surface area (Å²) in [6.45, 7) is 10.2. The molecule has 1 fully saturated rings. The predicted octanol–water partition coefficient (Wildman–Crippen LogP) is 4.37. The molecule has 0 aromatic heterocycles. The van der Waals surface area contributed by atoms with Crippen LogP contribution in [0.2, 0.25) is 0 Å². The summed E-state index contributed by atoms with van der Waals surface area (Å²) in [5, 5.41) is 3.62. The Morgan fingerprint density at radius 2 is 2.00 bits per heavy atom. The zero-order chi connectivity index (χ0) is 14.4. The molecule has 112 valence electrons. The SMILES string of the molecule is CCCNC(C)c1ccccc1N(CC)CC1CCC1. The molecule has 1 atom stereocenters. The number of anilines is 1. The van der Waals surface area contributed by atoms with E-state index in [1.165, 1.54) is 43.5 Å². The lowest BCUT2D eigenvalue weighted by Crippen LogP contribution is -2.33. The van der Waals surface area contributed by atoms with Gasteiger partial charge >= 0.3 is 0 Å². The van der Waals surface area contributed by atoms with Gasteiger partial charge in [-0.2, -0.15) is 0 Å². The fraction of sp³-hybridized carbons (Fsp3) is 0.667. The average Bonchev–Trinajstić information content (AvgIpc) is 2.44. The van der Waals surface area contributed by atoms with Crippen LogP contribution in [0.15, 0.2) is 24.3 Å². The maximum absolute atomic E-state index is 3.62. The third kappa shape index (κ3) is 3.76. The van der Waals surface area contributed by atoms with Gasteiger partial charge in [-0.1, -0.05) is 31.5 Å². The highest BCUT2D eigenvalue weighted by molar-refractivity contribution is 5.55. The molecule has 0 aliphatic heterocycles. The molecule has 0 saturated heterocycles. The summed E-state index contributed by atoms with van der Waals surface area (Å²) < 4.78 is 0. The molecule has 1 aliphatic rings. The molecule has 0 spiro atoms. The smallest absolute Gasteiger partial charge is 0.0414 e. The summed E-state index contributed by atoms with van der Waals surface area (Å²) >= 11 is 0. The van der Waals surface area contributed by atoms with Gasteiger partial charge < -0.3 is 10.2 Å². The Kier molecular flexibility index (Phi) is 5.90. The molecule has 1 unspecified atom stereocenters. The van der Waals surface area contributed by atoms with Crippen LogP contribution in [0.25, 0.3) is 0 Å². The molecule has 1 aliphatic carbocycles. The molecular weight excluding hydrogens is 244 g/mol. The zero-order valence-corrected chi connectivity index (χ0v) is 13.4. The van der Waals surface area contributed by atoms with E-state index in [2.05, 4.69) is 55.3 Å². The molecule has 20 heavy (non-hydrogen) atoms. The molecule has 1 N–H and O–H groups in total. The third-order valence-corrected chi connectivity index (χ3v) is 4.53. The maximum atomic E-state index is 3.62. The third-order valence-electron chi connectivity index (χ3n) is 4.53. The highest BCUT2D eigenvalue weighted by Gasteiger charge is 2.22. The standard InChI is InChI=1S/C18H30N2/c1-4-13-19-15(3)17-11-6-7-12-18(17)20(5-2)14-16-9-8-10-16/h6-7,11-12,15-16,19H,4-5,8-10,13-14H2,1-3H3. The van der Waals surface area contributed by atoms with Crippen molar-refractivity contribution < 1.29 is 0 Å². The van der Waals surface area contributed by atoms with Gasteiger partial charge in [0, 0.05) is 24.8 Å². The van der Waals surface area contributed by atoms with Gasteiger partial charge in [-0.05, 0) is 57.2 Å². The van der Waals surface area contributed by atoms with Crippen LogP contribution in [0.3, 0.4) is 0 Å². The second-order valence-electron chi connectivity index (χ2n) is 6.07. The minimum absolute atomic E-state index is 0.432. The van der Waals surface area contributed by atoms with Crippen LogP contribution in [0, 0.1) is 5.92 Å². The van der Waals surface area contributed by atoms with Gasteiger partial charge in [0.1, 0.15) is 0 Å². The normalized spacial score (nSPS) is 16.8. The Morgan fingerprint density at radius 3 is 2.60 bits per heavy atom. The maximum Gasteiger partial charge on any atom is 0.0414 e. The molecule has 1 aromatic carbocycles. The minimum Gasteiger partial charge on any atom is -0.371 e. The lowest BCUT2D eigenvalue weighted by molar-refractivity contribution is 0.318. The second kappa shape index (κ2) is 7.68. The Balaban J connectivity index is 2.11. The number of benzene rings is 1. The van der Waals surface area contributed by atoms with Crippen molar-refractivity contribution in [2.45, 2.75) is 52.5 Å². The van der Waals surface area contributed by atoms with Gasteiger partial charge in [0.25, 0.3) is 0 Å². The van der Waals surface area contributed by atoms with Crippen LogP contribution in [-0.2, 0) is 0 Å². The second-order valence-corrected chi connectivity index (χ2v) is 6.07. The fourth-order valence-corrected chi connectivity index (χ4v) is 3.00. The van der Waals surface area contributed by atoms with E-state index in [1.54, 1.807) is 0 Å². The largest absolute Gasteiger partial charge is 0.371 e. The van der Waals surface area contributed by atoms with Crippen molar-refractivity contribution in [3.8, 4) is 0 Å². The van der Waals surface area contributed by atoms with Crippen LogP contribution in [0.5, 0.6) is 0 Å². The van der Waals surface area contributed by atoms with E-state index in [-0.39, 0.29) is 0 Å². The lowest BCUT2D eigenvalue weighted by atomic mass is 9.85. The Labute approximate surface area is 124 Å². The molecule has 0 radical (unpaired) electrons. The van der Waals surface area contributed by atoms with Gasteiger partial charge in [-0.25, -0.2) is 0 Å².